The van der Waals surface area contributed by atoms with Gasteiger partial charge in [0.15, 0.2) is 0 Å². The van der Waals surface area contributed by atoms with E-state index in [-0.39, 0.29) is 0 Å². The molecule has 1 aliphatic rings. The third-order valence-electron chi connectivity index (χ3n) is 2.30. The fourth-order valence-electron chi connectivity index (χ4n) is 1.46. The molecule has 1 heteroatoms. The molecule has 1 heterocycles. The first kappa shape index (κ1) is 8.95. The highest BCUT2D eigenvalue weighted by molar-refractivity contribution is 5.75. The van der Waals surface area contributed by atoms with E-state index < -0.39 is 0 Å². The molecule has 0 atom stereocenters. The average Bonchev–Trinajstić information content (AvgIpc) is 2.44. The number of aromatic nitrogens is 1. The molecule has 1 aliphatic carbocycles. The molecule has 1 aromatic heterocycles. The van der Waals surface area contributed by atoms with E-state index >= 15 is 0 Å². The van der Waals surface area contributed by atoms with Crippen molar-refractivity contribution in [3.05, 3.63) is 60.0 Å². The third-order valence-corrected chi connectivity index (χ3v) is 2.30. The molecule has 0 fully saturated rings. The van der Waals surface area contributed by atoms with Crippen LogP contribution in [-0.2, 0) is 0 Å². The second kappa shape index (κ2) is 4.05. The molecule has 0 aromatic carbocycles. The molecule has 0 radical (unpaired) electrons. The van der Waals surface area contributed by atoms with E-state index in [2.05, 4.69) is 36.2 Å². The fraction of sp³-hybridized carbons (Fsp3) is 0.154. The maximum absolute atomic E-state index is 4.01. The summed E-state index contributed by atoms with van der Waals surface area (Å²) in [4.78, 5) is 4.01. The van der Waals surface area contributed by atoms with E-state index in [1.807, 2.05) is 24.5 Å². The van der Waals surface area contributed by atoms with Gasteiger partial charge in [-0.1, -0.05) is 29.9 Å². The molecule has 0 N–H and O–H groups in total. The first-order valence-corrected chi connectivity index (χ1v) is 4.80. The first-order valence-electron chi connectivity index (χ1n) is 4.80. The number of hydrogen-bond acceptors (Lipinski definition) is 1. The maximum atomic E-state index is 4.01. The van der Waals surface area contributed by atoms with Gasteiger partial charge in [0, 0.05) is 12.4 Å². The molecule has 0 unspecified atom stereocenters. The van der Waals surface area contributed by atoms with E-state index in [0.717, 1.165) is 6.42 Å². The Morgan fingerprint density at radius 2 is 1.93 bits per heavy atom. The molecule has 0 amide bonds. The average molecular weight is 183 g/mol. The van der Waals surface area contributed by atoms with E-state index in [1.165, 1.54) is 16.7 Å². The molecule has 0 bridgehead atoms. The summed E-state index contributed by atoms with van der Waals surface area (Å²) >= 11 is 0. The predicted molar refractivity (Wildman–Crippen MR) is 59.7 cm³/mol. The molecule has 0 saturated carbocycles. The molecule has 0 saturated heterocycles. The van der Waals surface area contributed by atoms with Gasteiger partial charge in [0.05, 0.1) is 0 Å². The van der Waals surface area contributed by atoms with E-state index in [0.29, 0.717) is 0 Å². The number of pyridine rings is 1. The van der Waals surface area contributed by atoms with Gasteiger partial charge in [0.1, 0.15) is 0 Å². The zero-order valence-electron chi connectivity index (χ0n) is 8.27. The zero-order chi connectivity index (χ0) is 9.80. The van der Waals surface area contributed by atoms with Crippen molar-refractivity contribution >= 4 is 5.57 Å². The summed E-state index contributed by atoms with van der Waals surface area (Å²) in [6.07, 6.45) is 13.4. The Morgan fingerprint density at radius 1 is 1.14 bits per heavy atom. The van der Waals surface area contributed by atoms with Gasteiger partial charge in [-0.3, -0.25) is 4.98 Å². The first-order chi connectivity index (χ1) is 6.86. The van der Waals surface area contributed by atoms with Crippen LogP contribution in [0.1, 0.15) is 18.9 Å². The SMILES string of the molecule is CC1=CC=C(c2ccncc2)C=CC1. The van der Waals surface area contributed by atoms with Crippen LogP contribution in [0, 0.1) is 0 Å². The largest absolute Gasteiger partial charge is 0.265 e. The molecular formula is C13H13N. The lowest BCUT2D eigenvalue weighted by atomic mass is 10.1. The Morgan fingerprint density at radius 3 is 2.71 bits per heavy atom. The maximum Gasteiger partial charge on any atom is 0.0273 e. The summed E-state index contributed by atoms with van der Waals surface area (Å²) in [5.41, 5.74) is 3.87. The molecule has 1 nitrogen and oxygen atoms in total. The van der Waals surface area contributed by atoms with Crippen molar-refractivity contribution in [1.29, 1.82) is 0 Å². The number of rotatable bonds is 1. The molecule has 2 rings (SSSR count). The lowest BCUT2D eigenvalue weighted by molar-refractivity contribution is 1.22. The monoisotopic (exact) mass is 183 g/mol. The second-order valence-corrected chi connectivity index (χ2v) is 3.48. The van der Waals surface area contributed by atoms with Gasteiger partial charge in [0.25, 0.3) is 0 Å². The second-order valence-electron chi connectivity index (χ2n) is 3.48. The summed E-state index contributed by atoms with van der Waals surface area (Å²) in [6.45, 7) is 2.15. The van der Waals surface area contributed by atoms with Gasteiger partial charge in [-0.25, -0.2) is 0 Å². The van der Waals surface area contributed by atoms with E-state index in [9.17, 15) is 0 Å². The van der Waals surface area contributed by atoms with Gasteiger partial charge >= 0.3 is 0 Å². The lowest BCUT2D eigenvalue weighted by Crippen LogP contribution is -1.79. The molecule has 1 aromatic rings. The van der Waals surface area contributed by atoms with Gasteiger partial charge in [-0.15, -0.1) is 0 Å². The van der Waals surface area contributed by atoms with Crippen LogP contribution in [-0.4, -0.2) is 4.98 Å². The van der Waals surface area contributed by atoms with Crippen molar-refractivity contribution in [2.24, 2.45) is 0 Å². The Balaban J connectivity index is 2.36. The highest BCUT2D eigenvalue weighted by Gasteiger charge is 1.98. The molecule has 0 aliphatic heterocycles. The predicted octanol–water partition coefficient (Wildman–Crippen LogP) is 3.37. The normalized spacial score (nSPS) is 15.8. The summed E-state index contributed by atoms with van der Waals surface area (Å²) in [6, 6.07) is 4.06. The van der Waals surface area contributed by atoms with Crippen molar-refractivity contribution in [2.45, 2.75) is 13.3 Å². The van der Waals surface area contributed by atoms with Crippen LogP contribution in [0.2, 0.25) is 0 Å². The van der Waals surface area contributed by atoms with Crippen LogP contribution in [0.25, 0.3) is 5.57 Å². The van der Waals surface area contributed by atoms with E-state index in [4.69, 9.17) is 0 Å². The standard InChI is InChI=1S/C13H13N/c1-11-3-2-4-12(6-5-11)13-7-9-14-10-8-13/h2,4-10H,3H2,1H3. The number of hydrogen-bond donors (Lipinski definition) is 0. The van der Waals surface area contributed by atoms with Crippen LogP contribution in [0.4, 0.5) is 0 Å². The van der Waals surface area contributed by atoms with Crippen molar-refractivity contribution < 1.29 is 0 Å². The highest BCUT2D eigenvalue weighted by atomic mass is 14.6. The Bertz CT molecular complexity index is 397. The van der Waals surface area contributed by atoms with Gasteiger partial charge < -0.3 is 0 Å². The third kappa shape index (κ3) is 1.99. The van der Waals surface area contributed by atoms with E-state index in [1.54, 1.807) is 0 Å². The van der Waals surface area contributed by atoms with Crippen LogP contribution in [0.5, 0.6) is 0 Å². The molecule has 0 spiro atoms. The summed E-state index contributed by atoms with van der Waals surface area (Å²) < 4.78 is 0. The molecular weight excluding hydrogens is 170 g/mol. The summed E-state index contributed by atoms with van der Waals surface area (Å²) in [7, 11) is 0. The fourth-order valence-corrected chi connectivity index (χ4v) is 1.46. The van der Waals surface area contributed by atoms with Crippen LogP contribution < -0.4 is 0 Å². The molecule has 70 valence electrons. The minimum Gasteiger partial charge on any atom is -0.265 e. The number of allylic oxidation sites excluding steroid dienone is 6. The summed E-state index contributed by atoms with van der Waals surface area (Å²) in [5, 5.41) is 0. The van der Waals surface area contributed by atoms with Crippen molar-refractivity contribution in [3.63, 3.8) is 0 Å². The van der Waals surface area contributed by atoms with Crippen molar-refractivity contribution in [2.75, 3.05) is 0 Å². The van der Waals surface area contributed by atoms with Crippen molar-refractivity contribution in [3.8, 4) is 0 Å². The van der Waals surface area contributed by atoms with Gasteiger partial charge in [0.2, 0.25) is 0 Å². The minimum absolute atomic E-state index is 1.05. The quantitative estimate of drug-likeness (QED) is 0.650. The van der Waals surface area contributed by atoms with Crippen LogP contribution >= 0.6 is 0 Å². The van der Waals surface area contributed by atoms with Gasteiger partial charge in [-0.2, -0.15) is 0 Å². The minimum atomic E-state index is 1.05. The number of nitrogens with zero attached hydrogens (tertiary/aromatic N) is 1. The Hall–Kier alpha value is -1.63. The Kier molecular flexibility index (Phi) is 2.59. The lowest BCUT2D eigenvalue weighted by Gasteiger charge is -1.98. The summed E-state index contributed by atoms with van der Waals surface area (Å²) in [5.74, 6) is 0. The van der Waals surface area contributed by atoms with Gasteiger partial charge in [-0.05, 0) is 36.6 Å². The van der Waals surface area contributed by atoms with Crippen LogP contribution in [0.15, 0.2) is 54.4 Å². The smallest absolute Gasteiger partial charge is 0.0273 e. The zero-order valence-corrected chi connectivity index (χ0v) is 8.27. The Labute approximate surface area is 84.5 Å². The highest BCUT2D eigenvalue weighted by Crippen LogP contribution is 2.19. The van der Waals surface area contributed by atoms with Crippen molar-refractivity contribution in [1.82, 2.24) is 4.98 Å². The topological polar surface area (TPSA) is 12.9 Å². The van der Waals surface area contributed by atoms with Crippen LogP contribution in [0.3, 0.4) is 0 Å². The molecule has 14 heavy (non-hydrogen) atoms.